The molecule has 0 aromatic carbocycles. The smallest absolute Gasteiger partial charge is 0.409 e. The highest BCUT2D eigenvalue weighted by Crippen LogP contribution is 2.68. The van der Waals surface area contributed by atoms with Gasteiger partial charge in [-0.1, -0.05) is 27.7 Å². The number of thiazole rings is 1. The molecule has 3 heterocycles. The predicted octanol–water partition coefficient (Wildman–Crippen LogP) is 3.45. The maximum atomic E-state index is 13.0. The third kappa shape index (κ3) is 4.36. The Bertz CT molecular complexity index is 897. The molecule has 182 valence electrons. The number of likely N-dealkylation sites (tertiary alicyclic amines) is 1. The zero-order chi connectivity index (χ0) is 24.0. The molecule has 0 N–H and O–H groups in total. The summed E-state index contributed by atoms with van der Waals surface area (Å²) in [6.07, 6.45) is 1.45. The molecular formula is C24H36N4O4S. The molecule has 3 fully saturated rings. The summed E-state index contributed by atoms with van der Waals surface area (Å²) in [4.78, 5) is 47.9. The fourth-order valence-electron chi connectivity index (χ4n) is 5.39. The summed E-state index contributed by atoms with van der Waals surface area (Å²) < 4.78 is 5.04. The number of carbonyl (C=O) groups is 3. The SMILES string of the molecule is CCOC(=O)N1CCN(C(=O)c2csc(C3CCN(C(=O)C4C(C)(C)C4(C)C)CC3)n2)CC1. The van der Waals surface area contributed by atoms with Gasteiger partial charge in [-0.15, -0.1) is 11.3 Å². The van der Waals surface area contributed by atoms with Gasteiger partial charge in [-0.25, -0.2) is 9.78 Å². The highest BCUT2D eigenvalue weighted by Gasteiger charge is 2.68. The molecule has 33 heavy (non-hydrogen) atoms. The van der Waals surface area contributed by atoms with Crippen molar-refractivity contribution in [1.82, 2.24) is 19.7 Å². The van der Waals surface area contributed by atoms with Gasteiger partial charge in [0, 0.05) is 56.5 Å². The first-order valence-corrected chi connectivity index (χ1v) is 12.9. The van der Waals surface area contributed by atoms with Crippen LogP contribution in [-0.2, 0) is 9.53 Å². The van der Waals surface area contributed by atoms with Crippen molar-refractivity contribution in [2.24, 2.45) is 16.7 Å². The molecule has 0 spiro atoms. The lowest BCUT2D eigenvalue weighted by Gasteiger charge is -2.33. The summed E-state index contributed by atoms with van der Waals surface area (Å²) in [6.45, 7) is 14.3. The first-order valence-electron chi connectivity index (χ1n) is 12.0. The summed E-state index contributed by atoms with van der Waals surface area (Å²) in [6, 6.07) is 0. The van der Waals surface area contributed by atoms with E-state index in [0.29, 0.717) is 50.3 Å². The number of carbonyl (C=O) groups excluding carboxylic acids is 3. The number of nitrogens with zero attached hydrogens (tertiary/aromatic N) is 4. The van der Waals surface area contributed by atoms with Crippen LogP contribution in [0.4, 0.5) is 4.79 Å². The number of piperazine rings is 1. The Balaban J connectivity index is 1.29. The third-order valence-corrected chi connectivity index (χ3v) is 9.26. The second-order valence-electron chi connectivity index (χ2n) is 10.5. The van der Waals surface area contributed by atoms with Crippen LogP contribution in [0.2, 0.25) is 0 Å². The molecule has 2 saturated heterocycles. The Morgan fingerprint density at radius 3 is 2.09 bits per heavy atom. The van der Waals surface area contributed by atoms with E-state index < -0.39 is 0 Å². The van der Waals surface area contributed by atoms with Crippen LogP contribution in [0.5, 0.6) is 0 Å². The van der Waals surface area contributed by atoms with E-state index in [9.17, 15) is 14.4 Å². The van der Waals surface area contributed by atoms with Gasteiger partial charge in [0.1, 0.15) is 5.69 Å². The average molecular weight is 477 g/mol. The van der Waals surface area contributed by atoms with Crippen molar-refractivity contribution in [1.29, 1.82) is 0 Å². The molecule has 1 aliphatic carbocycles. The molecule has 9 heteroatoms. The molecule has 1 aromatic rings. The Morgan fingerprint density at radius 1 is 0.970 bits per heavy atom. The maximum Gasteiger partial charge on any atom is 0.409 e. The van der Waals surface area contributed by atoms with Crippen LogP contribution in [0.15, 0.2) is 5.38 Å². The summed E-state index contributed by atoms with van der Waals surface area (Å²) >= 11 is 1.54. The van der Waals surface area contributed by atoms with E-state index in [4.69, 9.17) is 4.74 Å². The van der Waals surface area contributed by atoms with Crippen LogP contribution in [0.25, 0.3) is 0 Å². The lowest BCUT2D eigenvalue weighted by Crippen LogP contribution is -2.50. The van der Waals surface area contributed by atoms with Crippen molar-refractivity contribution in [2.75, 3.05) is 45.9 Å². The minimum Gasteiger partial charge on any atom is -0.450 e. The summed E-state index contributed by atoms with van der Waals surface area (Å²) in [5.74, 6) is 0.614. The van der Waals surface area contributed by atoms with Crippen LogP contribution in [0.3, 0.4) is 0 Å². The van der Waals surface area contributed by atoms with Crippen molar-refractivity contribution in [3.63, 3.8) is 0 Å². The number of piperidine rings is 1. The predicted molar refractivity (Wildman–Crippen MR) is 126 cm³/mol. The van der Waals surface area contributed by atoms with Crippen LogP contribution in [-0.4, -0.2) is 83.5 Å². The standard InChI is InChI=1S/C24H36N4O4S/c1-6-32-22(31)28-13-11-27(12-14-28)20(29)17-15-33-19(25-17)16-7-9-26(10-8-16)21(30)18-23(2,3)24(18,4)5/h15-16,18H,6-14H2,1-5H3. The van der Waals surface area contributed by atoms with Crippen LogP contribution >= 0.6 is 11.3 Å². The molecule has 3 aliphatic rings. The summed E-state index contributed by atoms with van der Waals surface area (Å²) in [5, 5.41) is 2.84. The quantitative estimate of drug-likeness (QED) is 0.665. The highest BCUT2D eigenvalue weighted by molar-refractivity contribution is 7.09. The van der Waals surface area contributed by atoms with E-state index in [1.54, 1.807) is 28.1 Å². The van der Waals surface area contributed by atoms with Gasteiger partial charge in [-0.3, -0.25) is 9.59 Å². The number of aromatic nitrogens is 1. The number of hydrogen-bond acceptors (Lipinski definition) is 6. The highest BCUT2D eigenvalue weighted by atomic mass is 32.1. The van der Waals surface area contributed by atoms with Gasteiger partial charge in [-0.2, -0.15) is 0 Å². The normalized spacial score (nSPS) is 22.9. The second kappa shape index (κ2) is 8.89. The van der Waals surface area contributed by atoms with Gasteiger partial charge in [0.2, 0.25) is 5.91 Å². The molecule has 0 radical (unpaired) electrons. The fraction of sp³-hybridized carbons (Fsp3) is 0.750. The van der Waals surface area contributed by atoms with Gasteiger partial charge in [0.25, 0.3) is 5.91 Å². The largest absolute Gasteiger partial charge is 0.450 e. The average Bonchev–Trinajstić information content (AvgIpc) is 3.12. The van der Waals surface area contributed by atoms with Gasteiger partial charge < -0.3 is 19.4 Å². The number of hydrogen-bond donors (Lipinski definition) is 0. The van der Waals surface area contributed by atoms with Crippen LogP contribution in [0, 0.1) is 16.7 Å². The fourth-order valence-corrected chi connectivity index (χ4v) is 6.35. The van der Waals surface area contributed by atoms with Crippen LogP contribution < -0.4 is 0 Å². The van der Waals surface area contributed by atoms with Gasteiger partial charge in [0.15, 0.2) is 0 Å². The molecule has 0 atom stereocenters. The number of rotatable bonds is 4. The van der Waals surface area contributed by atoms with Gasteiger partial charge >= 0.3 is 6.09 Å². The van der Waals surface area contributed by atoms with Gasteiger partial charge in [0.05, 0.1) is 11.6 Å². The molecule has 2 aliphatic heterocycles. The third-order valence-electron chi connectivity index (χ3n) is 8.26. The van der Waals surface area contributed by atoms with Crippen molar-refractivity contribution >= 4 is 29.2 Å². The Hall–Kier alpha value is -2.16. The number of ether oxygens (including phenoxy) is 1. The van der Waals surface area contributed by atoms with Crippen LogP contribution in [0.1, 0.15) is 68.9 Å². The number of amides is 3. The zero-order valence-electron chi connectivity index (χ0n) is 20.4. The Labute approximate surface area is 200 Å². The first kappa shape index (κ1) is 24.0. The van der Waals surface area contributed by atoms with Crippen molar-refractivity contribution in [2.45, 2.75) is 53.4 Å². The molecule has 3 amide bonds. The van der Waals surface area contributed by atoms with E-state index in [1.165, 1.54) is 0 Å². The molecule has 1 saturated carbocycles. The van der Waals surface area contributed by atoms with E-state index in [-0.39, 0.29) is 28.7 Å². The van der Waals surface area contributed by atoms with Crippen molar-refractivity contribution in [3.8, 4) is 0 Å². The monoisotopic (exact) mass is 476 g/mol. The van der Waals surface area contributed by atoms with E-state index in [2.05, 4.69) is 32.7 Å². The summed E-state index contributed by atoms with van der Waals surface area (Å²) in [7, 11) is 0. The molecule has 4 rings (SSSR count). The van der Waals surface area contributed by atoms with E-state index >= 15 is 0 Å². The summed E-state index contributed by atoms with van der Waals surface area (Å²) in [5.41, 5.74) is 0.611. The van der Waals surface area contributed by atoms with Crippen molar-refractivity contribution in [3.05, 3.63) is 16.1 Å². The molecule has 8 nitrogen and oxygen atoms in total. The second-order valence-corrected chi connectivity index (χ2v) is 11.4. The lowest BCUT2D eigenvalue weighted by atomic mass is 9.96. The lowest BCUT2D eigenvalue weighted by molar-refractivity contribution is -0.134. The first-order chi connectivity index (χ1) is 15.6. The zero-order valence-corrected chi connectivity index (χ0v) is 21.2. The molecule has 0 unspecified atom stereocenters. The van der Waals surface area contributed by atoms with Crippen molar-refractivity contribution < 1.29 is 19.1 Å². The Kier molecular flexibility index (Phi) is 6.46. The van der Waals surface area contributed by atoms with E-state index in [1.807, 2.05) is 10.3 Å². The minimum absolute atomic E-state index is 0.0628. The Morgan fingerprint density at radius 2 is 1.55 bits per heavy atom. The molecule has 1 aromatic heterocycles. The minimum atomic E-state index is -0.320. The maximum absolute atomic E-state index is 13.0. The molecular weight excluding hydrogens is 440 g/mol. The van der Waals surface area contributed by atoms with E-state index in [0.717, 1.165) is 30.9 Å². The molecule has 0 bridgehead atoms. The van der Waals surface area contributed by atoms with Gasteiger partial charge in [-0.05, 0) is 30.6 Å². The topological polar surface area (TPSA) is 83.0 Å².